The third-order valence-corrected chi connectivity index (χ3v) is 4.47. The molecule has 0 bridgehead atoms. The van der Waals surface area contributed by atoms with E-state index in [0.717, 1.165) is 30.0 Å². The van der Waals surface area contributed by atoms with Gasteiger partial charge in [-0.2, -0.15) is 0 Å². The number of nitrogens with one attached hydrogen (secondary N) is 1. The van der Waals surface area contributed by atoms with Crippen LogP contribution in [0.1, 0.15) is 13.8 Å². The van der Waals surface area contributed by atoms with Gasteiger partial charge in [-0.1, -0.05) is 25.6 Å². The summed E-state index contributed by atoms with van der Waals surface area (Å²) in [7, 11) is 3.09. The molecule has 2 rings (SSSR count). The number of aromatic amines is 1. The molecule has 0 saturated heterocycles. The zero-order valence-electron chi connectivity index (χ0n) is 12.8. The summed E-state index contributed by atoms with van der Waals surface area (Å²) in [6.45, 7) is 7.27. The number of H-pyrrole nitrogens is 1. The first-order valence-electron chi connectivity index (χ1n) is 7.00. The minimum atomic E-state index is -0.362. The first-order chi connectivity index (χ1) is 9.99. The smallest absolute Gasteiger partial charge is 0.327 e. The van der Waals surface area contributed by atoms with Crippen molar-refractivity contribution in [2.75, 3.05) is 25.4 Å². The van der Waals surface area contributed by atoms with E-state index in [1.807, 2.05) is 0 Å². The number of aromatic nitrogens is 4. The molecule has 0 aliphatic rings. The van der Waals surface area contributed by atoms with E-state index in [2.05, 4.69) is 28.7 Å². The molecule has 0 atom stereocenters. The summed E-state index contributed by atoms with van der Waals surface area (Å²) in [5.74, 6) is 0.885. The van der Waals surface area contributed by atoms with Gasteiger partial charge in [0.1, 0.15) is 0 Å². The van der Waals surface area contributed by atoms with Crippen molar-refractivity contribution in [3.63, 3.8) is 0 Å². The lowest BCUT2D eigenvalue weighted by molar-refractivity contribution is 0.324. The number of hydrogen-bond donors (Lipinski definition) is 1. The second kappa shape index (κ2) is 6.48. The van der Waals surface area contributed by atoms with Gasteiger partial charge in [-0.05, 0) is 13.1 Å². The Labute approximate surface area is 127 Å². The molecule has 2 aromatic heterocycles. The summed E-state index contributed by atoms with van der Waals surface area (Å²) < 4.78 is 2.48. The van der Waals surface area contributed by atoms with Gasteiger partial charge in [0, 0.05) is 26.4 Å². The summed E-state index contributed by atoms with van der Waals surface area (Å²) in [6.07, 6.45) is 0. The van der Waals surface area contributed by atoms with Crippen molar-refractivity contribution >= 4 is 22.9 Å². The lowest BCUT2D eigenvalue weighted by Crippen LogP contribution is -2.36. The molecule has 0 fully saturated rings. The maximum atomic E-state index is 12.1. The highest BCUT2D eigenvalue weighted by Gasteiger charge is 2.13. The second-order valence-corrected chi connectivity index (χ2v) is 5.91. The van der Waals surface area contributed by atoms with E-state index >= 15 is 0 Å². The van der Waals surface area contributed by atoms with Crippen molar-refractivity contribution in [3.05, 3.63) is 20.8 Å². The van der Waals surface area contributed by atoms with Crippen molar-refractivity contribution in [1.82, 2.24) is 24.0 Å². The summed E-state index contributed by atoms with van der Waals surface area (Å²) in [5, 5.41) is 0.676. The summed E-state index contributed by atoms with van der Waals surface area (Å²) in [5.41, 5.74) is 0.0910. The van der Waals surface area contributed by atoms with Crippen LogP contribution < -0.4 is 11.2 Å². The van der Waals surface area contributed by atoms with Crippen LogP contribution in [-0.4, -0.2) is 49.4 Å². The van der Waals surface area contributed by atoms with E-state index in [9.17, 15) is 9.59 Å². The van der Waals surface area contributed by atoms with Crippen molar-refractivity contribution < 1.29 is 0 Å². The van der Waals surface area contributed by atoms with Gasteiger partial charge in [-0.3, -0.25) is 13.9 Å². The molecule has 0 amide bonds. The SMILES string of the molecule is CCN(CC)CCSc1nc2c([nH]1)c(=O)n(C)c(=O)n2C. The molecular formula is C13H21N5O2S. The van der Waals surface area contributed by atoms with Crippen LogP contribution in [0.2, 0.25) is 0 Å². The first-order valence-corrected chi connectivity index (χ1v) is 7.99. The van der Waals surface area contributed by atoms with E-state index in [1.54, 1.807) is 18.8 Å². The summed E-state index contributed by atoms with van der Waals surface area (Å²) in [4.78, 5) is 33.6. The number of thioether (sulfide) groups is 1. The normalized spacial score (nSPS) is 11.7. The van der Waals surface area contributed by atoms with Crippen molar-refractivity contribution in [2.45, 2.75) is 19.0 Å². The standard InChI is InChI=1S/C13H21N5O2S/c1-5-18(6-2)7-8-21-12-14-9-10(15-12)16(3)13(20)17(4)11(9)19/h5-8H2,1-4H3,(H,14,15). The third kappa shape index (κ3) is 3.06. The molecule has 8 heteroatoms. The molecule has 2 aromatic rings. The van der Waals surface area contributed by atoms with Gasteiger partial charge < -0.3 is 9.88 Å². The highest BCUT2D eigenvalue weighted by atomic mass is 32.2. The van der Waals surface area contributed by atoms with Crippen LogP contribution in [0.5, 0.6) is 0 Å². The largest absolute Gasteiger partial charge is 0.332 e. The Morgan fingerprint density at radius 2 is 1.86 bits per heavy atom. The predicted molar refractivity (Wildman–Crippen MR) is 85.1 cm³/mol. The Morgan fingerprint density at radius 1 is 1.19 bits per heavy atom. The van der Waals surface area contributed by atoms with E-state index in [1.165, 1.54) is 11.6 Å². The molecule has 7 nitrogen and oxygen atoms in total. The number of aryl methyl sites for hydroxylation is 1. The number of imidazole rings is 1. The lowest BCUT2D eigenvalue weighted by Gasteiger charge is -2.16. The minimum absolute atomic E-state index is 0.337. The number of fused-ring (bicyclic) bond motifs is 1. The Bertz CT molecular complexity index is 741. The number of hydrogen-bond acceptors (Lipinski definition) is 5. The highest BCUT2D eigenvalue weighted by Crippen LogP contribution is 2.16. The van der Waals surface area contributed by atoms with Gasteiger partial charge in [0.15, 0.2) is 16.3 Å². The van der Waals surface area contributed by atoms with E-state index in [4.69, 9.17) is 0 Å². The summed E-state index contributed by atoms with van der Waals surface area (Å²) >= 11 is 1.56. The van der Waals surface area contributed by atoms with Gasteiger partial charge in [0.05, 0.1) is 0 Å². The zero-order chi connectivity index (χ0) is 15.6. The molecule has 0 aliphatic carbocycles. The van der Waals surface area contributed by atoms with Gasteiger partial charge in [0.25, 0.3) is 5.56 Å². The summed E-state index contributed by atoms with van der Waals surface area (Å²) in [6, 6.07) is 0. The van der Waals surface area contributed by atoms with Crippen LogP contribution in [0.3, 0.4) is 0 Å². The van der Waals surface area contributed by atoms with Crippen molar-refractivity contribution in [2.24, 2.45) is 14.1 Å². The molecule has 0 radical (unpaired) electrons. The zero-order valence-corrected chi connectivity index (χ0v) is 13.7. The Kier molecular flexibility index (Phi) is 4.89. The molecule has 1 N–H and O–H groups in total. The molecular weight excluding hydrogens is 290 g/mol. The number of rotatable bonds is 6. The second-order valence-electron chi connectivity index (χ2n) is 4.82. The minimum Gasteiger partial charge on any atom is -0.327 e. The fourth-order valence-electron chi connectivity index (χ4n) is 2.18. The molecule has 0 aromatic carbocycles. The maximum absolute atomic E-state index is 12.1. The van der Waals surface area contributed by atoms with E-state index in [0.29, 0.717) is 16.3 Å². The van der Waals surface area contributed by atoms with Gasteiger partial charge in [0.2, 0.25) is 0 Å². The predicted octanol–water partition coefficient (Wildman–Crippen LogP) is 0.394. The molecule has 21 heavy (non-hydrogen) atoms. The molecule has 116 valence electrons. The molecule has 0 saturated carbocycles. The van der Waals surface area contributed by atoms with E-state index in [-0.39, 0.29) is 11.2 Å². The maximum Gasteiger partial charge on any atom is 0.332 e. The quantitative estimate of drug-likeness (QED) is 0.781. The van der Waals surface area contributed by atoms with Gasteiger partial charge in [-0.15, -0.1) is 0 Å². The molecule has 0 spiro atoms. The first kappa shape index (κ1) is 15.8. The van der Waals surface area contributed by atoms with Crippen LogP contribution >= 0.6 is 11.8 Å². The Balaban J connectivity index is 2.24. The van der Waals surface area contributed by atoms with Crippen LogP contribution in [0, 0.1) is 0 Å². The number of nitrogens with zero attached hydrogens (tertiary/aromatic N) is 4. The fourth-order valence-corrected chi connectivity index (χ4v) is 3.05. The van der Waals surface area contributed by atoms with E-state index < -0.39 is 0 Å². The van der Waals surface area contributed by atoms with Crippen molar-refractivity contribution in [3.8, 4) is 0 Å². The van der Waals surface area contributed by atoms with Crippen LogP contribution in [0.4, 0.5) is 0 Å². The van der Waals surface area contributed by atoms with Crippen LogP contribution in [0.15, 0.2) is 14.7 Å². The van der Waals surface area contributed by atoms with Gasteiger partial charge in [-0.25, -0.2) is 9.78 Å². The molecule has 2 heterocycles. The lowest BCUT2D eigenvalue weighted by atomic mass is 10.5. The monoisotopic (exact) mass is 311 g/mol. The Morgan fingerprint density at radius 3 is 2.48 bits per heavy atom. The fraction of sp³-hybridized carbons (Fsp3) is 0.615. The van der Waals surface area contributed by atoms with Crippen molar-refractivity contribution in [1.29, 1.82) is 0 Å². The molecule has 0 unspecified atom stereocenters. The highest BCUT2D eigenvalue weighted by molar-refractivity contribution is 7.99. The average Bonchev–Trinajstić information content (AvgIpc) is 2.92. The molecule has 0 aliphatic heterocycles. The Hall–Kier alpha value is -1.54. The third-order valence-electron chi connectivity index (χ3n) is 3.61. The van der Waals surface area contributed by atoms with Crippen LogP contribution in [-0.2, 0) is 14.1 Å². The van der Waals surface area contributed by atoms with Gasteiger partial charge >= 0.3 is 5.69 Å². The van der Waals surface area contributed by atoms with Crippen LogP contribution in [0.25, 0.3) is 11.2 Å². The average molecular weight is 311 g/mol. The topological polar surface area (TPSA) is 75.9 Å².